The van der Waals surface area contributed by atoms with Gasteiger partial charge in [-0.05, 0) is 24.6 Å². The predicted molar refractivity (Wildman–Crippen MR) is 74.9 cm³/mol. The summed E-state index contributed by atoms with van der Waals surface area (Å²) in [6.45, 7) is 5.08. The molecule has 0 spiro atoms. The monoisotopic (exact) mass is 288 g/mol. The Labute approximate surface area is 122 Å². The maximum absolute atomic E-state index is 12.0. The number of esters is 1. The van der Waals surface area contributed by atoms with Crippen molar-refractivity contribution < 1.29 is 18.7 Å². The van der Waals surface area contributed by atoms with Gasteiger partial charge in [0.25, 0.3) is 5.91 Å². The zero-order chi connectivity index (χ0) is 15.4. The van der Waals surface area contributed by atoms with Crippen molar-refractivity contribution in [3.8, 4) is 5.75 Å². The number of carbonyl (C=O) groups excluding carboxylic acids is 2. The highest BCUT2D eigenvalue weighted by atomic mass is 16.5. The van der Waals surface area contributed by atoms with Crippen molar-refractivity contribution in [1.29, 1.82) is 0 Å². The lowest BCUT2D eigenvalue weighted by Gasteiger charge is -2.05. The molecule has 1 aromatic carbocycles. The van der Waals surface area contributed by atoms with Crippen molar-refractivity contribution >= 4 is 11.9 Å². The van der Waals surface area contributed by atoms with Gasteiger partial charge in [-0.2, -0.15) is 0 Å². The molecule has 1 aromatic heterocycles. The molecule has 1 heterocycles. The van der Waals surface area contributed by atoms with Gasteiger partial charge in [0.05, 0.1) is 0 Å². The van der Waals surface area contributed by atoms with E-state index in [1.165, 1.54) is 6.92 Å². The Morgan fingerprint density at radius 2 is 1.90 bits per heavy atom. The highest BCUT2D eigenvalue weighted by Gasteiger charge is 2.14. The lowest BCUT2D eigenvalue weighted by atomic mass is 10.2. The maximum atomic E-state index is 12.0. The Hall–Kier alpha value is -2.63. The van der Waals surface area contributed by atoms with Crippen LogP contribution < -0.4 is 10.1 Å². The molecule has 2 rings (SSSR count). The number of nitrogens with zero attached hydrogens (tertiary/aromatic N) is 1. The lowest BCUT2D eigenvalue weighted by molar-refractivity contribution is -0.131. The Morgan fingerprint density at radius 1 is 1.24 bits per heavy atom. The molecule has 0 aliphatic carbocycles. The summed E-state index contributed by atoms with van der Waals surface area (Å²) in [5.74, 6) is 0.778. The molecule has 2 aromatic rings. The fourth-order valence-corrected chi connectivity index (χ4v) is 1.85. The zero-order valence-electron chi connectivity index (χ0n) is 12.1. The summed E-state index contributed by atoms with van der Waals surface area (Å²) in [5.41, 5.74) is 1.18. The van der Waals surface area contributed by atoms with Crippen molar-refractivity contribution in [1.82, 2.24) is 10.3 Å². The zero-order valence-corrected chi connectivity index (χ0v) is 12.1. The summed E-state index contributed by atoms with van der Waals surface area (Å²) < 4.78 is 10.2. The fraction of sp³-hybridized carbons (Fsp3) is 0.267. The third-order valence-corrected chi connectivity index (χ3v) is 2.76. The number of nitrogens with one attached hydrogen (secondary N) is 1. The van der Waals surface area contributed by atoms with Gasteiger partial charge in [-0.1, -0.05) is 12.1 Å². The van der Waals surface area contributed by atoms with Gasteiger partial charge < -0.3 is 14.5 Å². The third kappa shape index (κ3) is 3.92. The van der Waals surface area contributed by atoms with Crippen LogP contribution in [0.1, 0.15) is 34.6 Å². The van der Waals surface area contributed by atoms with Crippen LogP contribution in [0.25, 0.3) is 0 Å². The highest BCUT2D eigenvalue weighted by Crippen LogP contribution is 2.13. The van der Waals surface area contributed by atoms with Crippen LogP contribution >= 0.6 is 0 Å². The van der Waals surface area contributed by atoms with E-state index in [1.807, 2.05) is 0 Å². The normalized spacial score (nSPS) is 10.2. The first kappa shape index (κ1) is 14.8. The predicted octanol–water partition coefficient (Wildman–Crippen LogP) is 2.15. The molecular formula is C15H16N2O4. The number of ether oxygens (including phenoxy) is 1. The molecule has 0 atom stereocenters. The van der Waals surface area contributed by atoms with E-state index in [2.05, 4.69) is 10.3 Å². The largest absolute Gasteiger partial charge is 0.445 e. The SMILES string of the molecule is CC(=O)Oc1ccc(CNC(=O)c2nc(C)oc2C)cc1. The minimum atomic E-state index is -0.368. The van der Waals surface area contributed by atoms with Crippen LogP contribution in [-0.4, -0.2) is 16.9 Å². The molecule has 0 saturated carbocycles. The topological polar surface area (TPSA) is 81.4 Å². The Kier molecular flexibility index (Phi) is 4.37. The molecule has 6 nitrogen and oxygen atoms in total. The standard InChI is InChI=1S/C15H16N2O4/c1-9-14(17-10(2)20-9)15(19)16-8-12-4-6-13(7-5-12)21-11(3)18/h4-7H,8H2,1-3H3,(H,16,19). The molecule has 0 radical (unpaired) electrons. The number of amides is 1. The van der Waals surface area contributed by atoms with Gasteiger partial charge in [0, 0.05) is 20.4 Å². The number of benzene rings is 1. The summed E-state index contributed by atoms with van der Waals surface area (Å²) in [6.07, 6.45) is 0. The van der Waals surface area contributed by atoms with Gasteiger partial charge >= 0.3 is 5.97 Å². The van der Waals surface area contributed by atoms with Crippen LogP contribution in [0.3, 0.4) is 0 Å². The Bertz CT molecular complexity index is 659. The Morgan fingerprint density at radius 3 is 2.43 bits per heavy atom. The van der Waals surface area contributed by atoms with E-state index >= 15 is 0 Å². The number of oxazole rings is 1. The third-order valence-electron chi connectivity index (χ3n) is 2.76. The summed E-state index contributed by atoms with van der Waals surface area (Å²) in [5, 5.41) is 2.76. The molecule has 0 bridgehead atoms. The number of hydrogen-bond acceptors (Lipinski definition) is 5. The first-order valence-corrected chi connectivity index (χ1v) is 6.45. The molecule has 1 amide bonds. The number of rotatable bonds is 4. The Balaban J connectivity index is 1.95. The van der Waals surface area contributed by atoms with Crippen LogP contribution in [-0.2, 0) is 11.3 Å². The quantitative estimate of drug-likeness (QED) is 0.688. The summed E-state index contributed by atoms with van der Waals surface area (Å²) in [7, 11) is 0. The van der Waals surface area contributed by atoms with Crippen LogP contribution in [0.4, 0.5) is 0 Å². The molecule has 6 heteroatoms. The van der Waals surface area contributed by atoms with Gasteiger partial charge in [0.1, 0.15) is 11.5 Å². The van der Waals surface area contributed by atoms with Crippen molar-refractivity contribution in [2.45, 2.75) is 27.3 Å². The first-order chi connectivity index (χ1) is 9.95. The molecule has 0 aliphatic rings. The van der Waals surface area contributed by atoms with Crippen LogP contribution in [0, 0.1) is 13.8 Å². The number of carbonyl (C=O) groups is 2. The van der Waals surface area contributed by atoms with Crippen molar-refractivity contribution in [2.24, 2.45) is 0 Å². The molecule has 0 fully saturated rings. The van der Waals surface area contributed by atoms with Gasteiger partial charge in [-0.3, -0.25) is 9.59 Å². The highest BCUT2D eigenvalue weighted by molar-refractivity contribution is 5.93. The smallest absolute Gasteiger partial charge is 0.308 e. The van der Waals surface area contributed by atoms with Gasteiger partial charge in [0.2, 0.25) is 0 Å². The van der Waals surface area contributed by atoms with Crippen molar-refractivity contribution in [3.05, 3.63) is 47.2 Å². The van der Waals surface area contributed by atoms with Crippen LogP contribution in [0.15, 0.2) is 28.7 Å². The summed E-state index contributed by atoms with van der Waals surface area (Å²) in [4.78, 5) is 26.8. The number of aryl methyl sites for hydroxylation is 2. The van der Waals surface area contributed by atoms with Gasteiger partial charge in [-0.15, -0.1) is 0 Å². The van der Waals surface area contributed by atoms with Crippen LogP contribution in [0.5, 0.6) is 5.75 Å². The van der Waals surface area contributed by atoms with Crippen molar-refractivity contribution in [3.63, 3.8) is 0 Å². The van der Waals surface area contributed by atoms with Crippen molar-refractivity contribution in [2.75, 3.05) is 0 Å². The van der Waals surface area contributed by atoms with E-state index in [0.717, 1.165) is 5.56 Å². The number of aromatic nitrogens is 1. The molecule has 0 saturated heterocycles. The second kappa shape index (κ2) is 6.21. The molecule has 1 N–H and O–H groups in total. The first-order valence-electron chi connectivity index (χ1n) is 6.45. The van der Waals surface area contributed by atoms with E-state index in [4.69, 9.17) is 9.15 Å². The van der Waals surface area contributed by atoms with E-state index < -0.39 is 0 Å². The molecular weight excluding hydrogens is 272 g/mol. The lowest BCUT2D eigenvalue weighted by Crippen LogP contribution is -2.23. The molecule has 0 unspecified atom stereocenters. The maximum Gasteiger partial charge on any atom is 0.308 e. The van der Waals surface area contributed by atoms with E-state index in [1.54, 1.807) is 38.1 Å². The van der Waals surface area contributed by atoms with E-state index in [9.17, 15) is 9.59 Å². The van der Waals surface area contributed by atoms with E-state index in [0.29, 0.717) is 29.6 Å². The second-order valence-corrected chi connectivity index (χ2v) is 4.56. The average Bonchev–Trinajstić information content (AvgIpc) is 2.76. The second-order valence-electron chi connectivity index (χ2n) is 4.56. The average molecular weight is 288 g/mol. The summed E-state index contributed by atoms with van der Waals surface area (Å²) in [6, 6.07) is 6.90. The van der Waals surface area contributed by atoms with Crippen LogP contribution in [0.2, 0.25) is 0 Å². The molecule has 0 aliphatic heterocycles. The fourth-order valence-electron chi connectivity index (χ4n) is 1.85. The minimum Gasteiger partial charge on any atom is -0.445 e. The summed E-state index contributed by atoms with van der Waals surface area (Å²) >= 11 is 0. The minimum absolute atomic E-state index is 0.284. The number of hydrogen-bond donors (Lipinski definition) is 1. The van der Waals surface area contributed by atoms with Gasteiger partial charge in [0.15, 0.2) is 11.6 Å². The van der Waals surface area contributed by atoms with E-state index in [-0.39, 0.29) is 11.9 Å². The molecule has 110 valence electrons. The molecule has 21 heavy (non-hydrogen) atoms. The van der Waals surface area contributed by atoms with Gasteiger partial charge in [-0.25, -0.2) is 4.98 Å².